The van der Waals surface area contributed by atoms with Crippen molar-refractivity contribution in [2.24, 2.45) is 0 Å². The standard InChI is InChI=1S/C15H17N3/c1-12-14(13-5-3-2-4-6-13)7-10-18(12)15-11-16-8-9-17-15/h2-6,8-9,11-12,14H,7,10H2,1H3/t12-,14-/m0/s1. The van der Waals surface area contributed by atoms with Gasteiger partial charge >= 0.3 is 0 Å². The summed E-state index contributed by atoms with van der Waals surface area (Å²) in [6, 6.07) is 11.2. The molecule has 0 bridgehead atoms. The van der Waals surface area contributed by atoms with E-state index in [1.165, 1.54) is 12.0 Å². The lowest BCUT2D eigenvalue weighted by Gasteiger charge is -2.25. The minimum absolute atomic E-state index is 0.476. The molecule has 1 aliphatic rings. The Bertz CT molecular complexity index is 450. The van der Waals surface area contributed by atoms with Crippen LogP contribution < -0.4 is 4.90 Å². The minimum atomic E-state index is 0.476. The molecule has 0 N–H and O–H groups in total. The predicted molar refractivity (Wildman–Crippen MR) is 72.6 cm³/mol. The molecule has 2 heterocycles. The summed E-state index contributed by atoms with van der Waals surface area (Å²) in [4.78, 5) is 10.9. The molecule has 0 amide bonds. The van der Waals surface area contributed by atoms with Crippen LogP contribution in [0.1, 0.15) is 24.8 Å². The fourth-order valence-electron chi connectivity index (χ4n) is 2.85. The fourth-order valence-corrected chi connectivity index (χ4v) is 2.85. The van der Waals surface area contributed by atoms with E-state index in [-0.39, 0.29) is 0 Å². The van der Waals surface area contributed by atoms with Gasteiger partial charge in [-0.1, -0.05) is 30.3 Å². The van der Waals surface area contributed by atoms with Crippen LogP contribution in [-0.4, -0.2) is 22.6 Å². The van der Waals surface area contributed by atoms with E-state index in [0.29, 0.717) is 12.0 Å². The van der Waals surface area contributed by atoms with Crippen LogP contribution in [0, 0.1) is 0 Å². The first-order valence-corrected chi connectivity index (χ1v) is 6.44. The molecule has 1 aliphatic heterocycles. The van der Waals surface area contributed by atoms with Crippen molar-refractivity contribution in [2.45, 2.75) is 25.3 Å². The van der Waals surface area contributed by atoms with Gasteiger partial charge in [0.2, 0.25) is 0 Å². The first-order valence-electron chi connectivity index (χ1n) is 6.44. The molecular formula is C15H17N3. The molecule has 0 aliphatic carbocycles. The van der Waals surface area contributed by atoms with Gasteiger partial charge in [0.25, 0.3) is 0 Å². The average molecular weight is 239 g/mol. The number of benzene rings is 1. The van der Waals surface area contributed by atoms with Crippen LogP contribution in [0.5, 0.6) is 0 Å². The van der Waals surface area contributed by atoms with Crippen molar-refractivity contribution in [1.29, 1.82) is 0 Å². The summed E-state index contributed by atoms with van der Waals surface area (Å²) in [5.74, 6) is 1.58. The van der Waals surface area contributed by atoms with Crippen molar-refractivity contribution in [3.8, 4) is 0 Å². The maximum absolute atomic E-state index is 4.40. The smallest absolute Gasteiger partial charge is 0.147 e. The molecule has 0 spiro atoms. The molecule has 1 fully saturated rings. The topological polar surface area (TPSA) is 29.0 Å². The lowest BCUT2D eigenvalue weighted by atomic mass is 9.93. The predicted octanol–water partition coefficient (Wildman–Crippen LogP) is 2.86. The van der Waals surface area contributed by atoms with E-state index in [9.17, 15) is 0 Å². The van der Waals surface area contributed by atoms with Gasteiger partial charge in [-0.25, -0.2) is 4.98 Å². The van der Waals surface area contributed by atoms with Crippen molar-refractivity contribution in [2.75, 3.05) is 11.4 Å². The first-order chi connectivity index (χ1) is 8.86. The lowest BCUT2D eigenvalue weighted by Crippen LogP contribution is -2.29. The zero-order chi connectivity index (χ0) is 12.4. The van der Waals surface area contributed by atoms with E-state index in [4.69, 9.17) is 0 Å². The average Bonchev–Trinajstić information content (AvgIpc) is 2.83. The molecule has 3 heteroatoms. The van der Waals surface area contributed by atoms with Gasteiger partial charge in [-0.05, 0) is 18.9 Å². The van der Waals surface area contributed by atoms with Crippen LogP contribution in [0.4, 0.5) is 5.82 Å². The van der Waals surface area contributed by atoms with E-state index in [1.54, 1.807) is 12.4 Å². The summed E-state index contributed by atoms with van der Waals surface area (Å²) in [5.41, 5.74) is 1.43. The van der Waals surface area contributed by atoms with Crippen LogP contribution in [-0.2, 0) is 0 Å². The largest absolute Gasteiger partial charge is 0.352 e. The molecule has 2 atom stereocenters. The van der Waals surface area contributed by atoms with E-state index < -0.39 is 0 Å². The maximum Gasteiger partial charge on any atom is 0.147 e. The van der Waals surface area contributed by atoms with Crippen LogP contribution in [0.15, 0.2) is 48.9 Å². The Hall–Kier alpha value is -1.90. The summed E-state index contributed by atoms with van der Waals surface area (Å²) >= 11 is 0. The number of rotatable bonds is 2. The summed E-state index contributed by atoms with van der Waals surface area (Å²) in [6.45, 7) is 3.33. The molecule has 3 nitrogen and oxygen atoms in total. The Balaban J connectivity index is 1.83. The van der Waals surface area contributed by atoms with E-state index >= 15 is 0 Å². The van der Waals surface area contributed by atoms with Gasteiger partial charge in [0.05, 0.1) is 6.20 Å². The van der Waals surface area contributed by atoms with Crippen molar-refractivity contribution in [3.05, 3.63) is 54.5 Å². The lowest BCUT2D eigenvalue weighted by molar-refractivity contribution is 0.631. The molecule has 92 valence electrons. The maximum atomic E-state index is 4.40. The van der Waals surface area contributed by atoms with Gasteiger partial charge < -0.3 is 4.90 Å². The van der Waals surface area contributed by atoms with Crippen LogP contribution in [0.25, 0.3) is 0 Å². The van der Waals surface area contributed by atoms with Crippen LogP contribution in [0.2, 0.25) is 0 Å². The van der Waals surface area contributed by atoms with Gasteiger partial charge in [0.15, 0.2) is 0 Å². The second-order valence-corrected chi connectivity index (χ2v) is 4.80. The fraction of sp³-hybridized carbons (Fsp3) is 0.333. The number of hydrogen-bond donors (Lipinski definition) is 0. The second kappa shape index (κ2) is 4.77. The molecule has 18 heavy (non-hydrogen) atoms. The third kappa shape index (κ3) is 1.96. The Kier molecular flexibility index (Phi) is 2.97. The van der Waals surface area contributed by atoms with E-state index in [1.807, 2.05) is 6.20 Å². The molecule has 3 rings (SSSR count). The van der Waals surface area contributed by atoms with Crippen molar-refractivity contribution < 1.29 is 0 Å². The van der Waals surface area contributed by atoms with Gasteiger partial charge in [0, 0.05) is 30.9 Å². The van der Waals surface area contributed by atoms with Gasteiger partial charge in [-0.3, -0.25) is 4.98 Å². The Morgan fingerprint density at radius 1 is 1.17 bits per heavy atom. The second-order valence-electron chi connectivity index (χ2n) is 4.80. The molecule has 0 radical (unpaired) electrons. The number of nitrogens with zero attached hydrogens (tertiary/aromatic N) is 3. The highest BCUT2D eigenvalue weighted by Crippen LogP contribution is 2.35. The molecule has 0 saturated carbocycles. The third-order valence-corrected chi connectivity index (χ3v) is 3.83. The Morgan fingerprint density at radius 3 is 2.72 bits per heavy atom. The van der Waals surface area contributed by atoms with Crippen molar-refractivity contribution >= 4 is 5.82 Å². The van der Waals surface area contributed by atoms with Gasteiger partial charge in [0.1, 0.15) is 5.82 Å². The van der Waals surface area contributed by atoms with E-state index in [0.717, 1.165) is 12.4 Å². The van der Waals surface area contributed by atoms with Gasteiger partial charge in [-0.15, -0.1) is 0 Å². The Morgan fingerprint density at radius 2 is 2.00 bits per heavy atom. The summed E-state index contributed by atoms with van der Waals surface area (Å²) in [5, 5.41) is 0. The minimum Gasteiger partial charge on any atom is -0.352 e. The summed E-state index contributed by atoms with van der Waals surface area (Å²) in [7, 11) is 0. The normalized spacial score (nSPS) is 23.3. The van der Waals surface area contributed by atoms with Crippen molar-refractivity contribution in [1.82, 2.24) is 9.97 Å². The molecule has 0 unspecified atom stereocenters. The monoisotopic (exact) mass is 239 g/mol. The SMILES string of the molecule is C[C@H]1[C@@H](c2ccccc2)CCN1c1cnccn1. The van der Waals surface area contributed by atoms with Crippen molar-refractivity contribution in [3.63, 3.8) is 0 Å². The first kappa shape index (κ1) is 11.2. The summed E-state index contributed by atoms with van der Waals surface area (Å²) < 4.78 is 0. The number of aromatic nitrogens is 2. The van der Waals surface area contributed by atoms with E-state index in [2.05, 4.69) is 52.1 Å². The molecular weight excluding hydrogens is 222 g/mol. The zero-order valence-corrected chi connectivity index (χ0v) is 10.5. The summed E-state index contributed by atoms with van der Waals surface area (Å²) in [6.07, 6.45) is 6.52. The highest BCUT2D eigenvalue weighted by Gasteiger charge is 2.32. The molecule has 2 aromatic rings. The Labute approximate surface area is 108 Å². The zero-order valence-electron chi connectivity index (χ0n) is 10.5. The number of anilines is 1. The van der Waals surface area contributed by atoms with Crippen LogP contribution in [0.3, 0.4) is 0 Å². The number of hydrogen-bond acceptors (Lipinski definition) is 3. The molecule has 1 saturated heterocycles. The highest BCUT2D eigenvalue weighted by molar-refractivity contribution is 5.41. The highest BCUT2D eigenvalue weighted by atomic mass is 15.2. The molecule has 1 aromatic heterocycles. The quantitative estimate of drug-likeness (QED) is 0.807. The third-order valence-electron chi connectivity index (χ3n) is 3.83. The molecule has 1 aromatic carbocycles. The van der Waals surface area contributed by atoms with Crippen LogP contribution >= 0.6 is 0 Å². The van der Waals surface area contributed by atoms with Gasteiger partial charge in [-0.2, -0.15) is 0 Å².